The zero-order valence-electron chi connectivity index (χ0n) is 10.7. The first-order valence-corrected chi connectivity index (χ1v) is 6.15. The molecule has 0 saturated heterocycles. The minimum Gasteiger partial charge on any atom is -0.491 e. The van der Waals surface area contributed by atoms with Crippen molar-refractivity contribution in [3.05, 3.63) is 48.3 Å². The molecular weight excluding hydrogens is 245 g/mol. The van der Waals surface area contributed by atoms with Gasteiger partial charge in [-0.05, 0) is 42.8 Å². The average molecular weight is 261 g/mol. The summed E-state index contributed by atoms with van der Waals surface area (Å²) in [6.45, 7) is 2.62. The molecule has 2 aromatic carbocycles. The van der Waals surface area contributed by atoms with Gasteiger partial charge in [0.25, 0.3) is 0 Å². The fraction of sp³-hybridized carbons (Fsp3) is 0.200. The van der Waals surface area contributed by atoms with E-state index in [9.17, 15) is 4.39 Å². The SMILES string of the molecule is CCCOc1cc(Oc2ccc(F)cc2)ccc1N. The molecule has 0 fully saturated rings. The Hall–Kier alpha value is -2.23. The van der Waals surface area contributed by atoms with E-state index in [4.69, 9.17) is 15.2 Å². The van der Waals surface area contributed by atoms with E-state index in [2.05, 4.69) is 0 Å². The molecule has 0 spiro atoms. The van der Waals surface area contributed by atoms with E-state index in [0.29, 0.717) is 29.5 Å². The Morgan fingerprint density at radius 2 is 1.74 bits per heavy atom. The van der Waals surface area contributed by atoms with Crippen LogP contribution in [0.3, 0.4) is 0 Å². The fourth-order valence-corrected chi connectivity index (χ4v) is 1.55. The van der Waals surface area contributed by atoms with E-state index >= 15 is 0 Å². The summed E-state index contributed by atoms with van der Waals surface area (Å²) >= 11 is 0. The Balaban J connectivity index is 2.14. The maximum Gasteiger partial charge on any atom is 0.145 e. The number of rotatable bonds is 5. The molecule has 0 aliphatic carbocycles. The molecule has 0 aromatic heterocycles. The van der Waals surface area contributed by atoms with E-state index in [1.54, 1.807) is 30.3 Å². The van der Waals surface area contributed by atoms with Crippen LogP contribution in [0.1, 0.15) is 13.3 Å². The Morgan fingerprint density at radius 1 is 1.05 bits per heavy atom. The number of nitrogens with two attached hydrogens (primary N) is 1. The topological polar surface area (TPSA) is 44.5 Å². The Morgan fingerprint density at radius 3 is 2.42 bits per heavy atom. The summed E-state index contributed by atoms with van der Waals surface area (Å²) < 4.78 is 23.9. The van der Waals surface area contributed by atoms with E-state index in [0.717, 1.165) is 6.42 Å². The Bertz CT molecular complexity index is 540. The van der Waals surface area contributed by atoms with Crippen LogP contribution in [0.5, 0.6) is 17.2 Å². The smallest absolute Gasteiger partial charge is 0.145 e. The molecule has 100 valence electrons. The molecule has 2 aromatic rings. The molecule has 0 radical (unpaired) electrons. The van der Waals surface area contributed by atoms with Crippen LogP contribution >= 0.6 is 0 Å². The molecule has 2 N–H and O–H groups in total. The minimum atomic E-state index is -0.295. The standard InChI is InChI=1S/C15H16FNO2/c1-2-9-18-15-10-13(7-8-14(15)17)19-12-5-3-11(16)4-6-12/h3-8,10H,2,9,17H2,1H3. The van der Waals surface area contributed by atoms with Crippen molar-refractivity contribution in [2.24, 2.45) is 0 Å². The number of anilines is 1. The lowest BCUT2D eigenvalue weighted by atomic mass is 10.2. The molecule has 0 unspecified atom stereocenters. The predicted octanol–water partition coefficient (Wildman–Crippen LogP) is 3.99. The summed E-state index contributed by atoms with van der Waals surface area (Å²) in [5, 5.41) is 0. The third kappa shape index (κ3) is 3.61. The van der Waals surface area contributed by atoms with Crippen LogP contribution in [-0.4, -0.2) is 6.61 Å². The van der Waals surface area contributed by atoms with Gasteiger partial charge in [0.1, 0.15) is 23.1 Å². The first-order chi connectivity index (χ1) is 9.19. The first-order valence-electron chi connectivity index (χ1n) is 6.15. The monoisotopic (exact) mass is 261 g/mol. The molecule has 0 atom stereocenters. The number of hydrogen-bond acceptors (Lipinski definition) is 3. The first kappa shape index (κ1) is 13.2. The van der Waals surface area contributed by atoms with Crippen molar-refractivity contribution in [3.63, 3.8) is 0 Å². The van der Waals surface area contributed by atoms with Crippen molar-refractivity contribution >= 4 is 5.69 Å². The van der Waals surface area contributed by atoms with Crippen LogP contribution in [0.15, 0.2) is 42.5 Å². The summed E-state index contributed by atoms with van der Waals surface area (Å²) in [5.41, 5.74) is 6.38. The van der Waals surface area contributed by atoms with Crippen molar-refractivity contribution in [1.82, 2.24) is 0 Å². The number of benzene rings is 2. The number of hydrogen-bond donors (Lipinski definition) is 1. The van der Waals surface area contributed by atoms with Crippen LogP contribution in [0.4, 0.5) is 10.1 Å². The number of halogens is 1. The minimum absolute atomic E-state index is 0.295. The number of ether oxygens (including phenoxy) is 2. The summed E-state index contributed by atoms with van der Waals surface area (Å²) in [7, 11) is 0. The van der Waals surface area contributed by atoms with Gasteiger partial charge < -0.3 is 15.2 Å². The van der Waals surface area contributed by atoms with Gasteiger partial charge in [-0.3, -0.25) is 0 Å². The van der Waals surface area contributed by atoms with Gasteiger partial charge in [0.2, 0.25) is 0 Å². The number of nitrogen functional groups attached to an aromatic ring is 1. The lowest BCUT2D eigenvalue weighted by Crippen LogP contribution is -1.99. The highest BCUT2D eigenvalue weighted by Crippen LogP contribution is 2.30. The van der Waals surface area contributed by atoms with Gasteiger partial charge in [-0.15, -0.1) is 0 Å². The van der Waals surface area contributed by atoms with Crippen molar-refractivity contribution in [3.8, 4) is 17.2 Å². The van der Waals surface area contributed by atoms with Gasteiger partial charge in [-0.1, -0.05) is 6.92 Å². The van der Waals surface area contributed by atoms with Crippen LogP contribution in [0.25, 0.3) is 0 Å². The van der Waals surface area contributed by atoms with Crippen molar-refractivity contribution < 1.29 is 13.9 Å². The third-order valence-electron chi connectivity index (χ3n) is 2.50. The maximum atomic E-state index is 12.8. The van der Waals surface area contributed by atoms with Crippen LogP contribution in [-0.2, 0) is 0 Å². The Labute approximate surface area is 111 Å². The van der Waals surface area contributed by atoms with E-state index in [1.807, 2.05) is 6.92 Å². The molecule has 0 bridgehead atoms. The molecule has 2 rings (SSSR count). The van der Waals surface area contributed by atoms with Gasteiger partial charge in [0.15, 0.2) is 0 Å². The van der Waals surface area contributed by atoms with Crippen LogP contribution in [0.2, 0.25) is 0 Å². The van der Waals surface area contributed by atoms with Crippen LogP contribution in [0, 0.1) is 5.82 Å². The fourth-order valence-electron chi connectivity index (χ4n) is 1.55. The maximum absolute atomic E-state index is 12.8. The molecule has 0 saturated carbocycles. The molecule has 0 aliphatic heterocycles. The van der Waals surface area contributed by atoms with Crippen LogP contribution < -0.4 is 15.2 Å². The van der Waals surface area contributed by atoms with Gasteiger partial charge in [-0.25, -0.2) is 4.39 Å². The third-order valence-corrected chi connectivity index (χ3v) is 2.50. The molecule has 0 aliphatic rings. The highest BCUT2D eigenvalue weighted by atomic mass is 19.1. The molecule has 0 heterocycles. The van der Waals surface area contributed by atoms with Crippen molar-refractivity contribution in [2.45, 2.75) is 13.3 Å². The summed E-state index contributed by atoms with van der Waals surface area (Å²) in [4.78, 5) is 0. The average Bonchev–Trinajstić information content (AvgIpc) is 2.42. The molecule has 19 heavy (non-hydrogen) atoms. The lowest BCUT2D eigenvalue weighted by molar-refractivity contribution is 0.317. The molecular formula is C15H16FNO2. The van der Waals surface area contributed by atoms with E-state index < -0.39 is 0 Å². The van der Waals surface area contributed by atoms with Gasteiger partial charge in [0.05, 0.1) is 12.3 Å². The van der Waals surface area contributed by atoms with Gasteiger partial charge in [-0.2, -0.15) is 0 Å². The normalized spacial score (nSPS) is 10.2. The highest BCUT2D eigenvalue weighted by Gasteiger charge is 2.04. The van der Waals surface area contributed by atoms with Gasteiger partial charge >= 0.3 is 0 Å². The van der Waals surface area contributed by atoms with Gasteiger partial charge in [0, 0.05) is 6.07 Å². The largest absolute Gasteiger partial charge is 0.491 e. The second-order valence-corrected chi connectivity index (χ2v) is 4.10. The Kier molecular flexibility index (Phi) is 4.23. The quantitative estimate of drug-likeness (QED) is 0.828. The summed E-state index contributed by atoms with van der Waals surface area (Å²) in [6.07, 6.45) is 0.905. The van der Waals surface area contributed by atoms with Crippen molar-refractivity contribution in [2.75, 3.05) is 12.3 Å². The zero-order valence-corrected chi connectivity index (χ0v) is 10.7. The zero-order chi connectivity index (χ0) is 13.7. The van der Waals surface area contributed by atoms with E-state index in [-0.39, 0.29) is 5.82 Å². The summed E-state index contributed by atoms with van der Waals surface area (Å²) in [6, 6.07) is 11.0. The lowest BCUT2D eigenvalue weighted by Gasteiger charge is -2.11. The molecule has 3 nitrogen and oxygen atoms in total. The predicted molar refractivity (Wildman–Crippen MR) is 73.1 cm³/mol. The highest BCUT2D eigenvalue weighted by molar-refractivity contribution is 5.56. The summed E-state index contributed by atoms with van der Waals surface area (Å²) in [5.74, 6) is 1.47. The second-order valence-electron chi connectivity index (χ2n) is 4.10. The van der Waals surface area contributed by atoms with Crippen molar-refractivity contribution in [1.29, 1.82) is 0 Å². The second kappa shape index (κ2) is 6.09. The molecule has 4 heteroatoms. The molecule has 0 amide bonds. The van der Waals surface area contributed by atoms with E-state index in [1.165, 1.54) is 12.1 Å².